The van der Waals surface area contributed by atoms with Crippen LogP contribution in [0.2, 0.25) is 0 Å². The van der Waals surface area contributed by atoms with Crippen LogP contribution in [0, 0.1) is 0 Å². The van der Waals surface area contributed by atoms with Crippen molar-refractivity contribution in [2.45, 2.75) is 27.2 Å². The highest BCUT2D eigenvalue weighted by atomic mass is 32.2. The van der Waals surface area contributed by atoms with E-state index in [9.17, 15) is 4.79 Å². The summed E-state index contributed by atoms with van der Waals surface area (Å²) in [7, 11) is 0. The molecule has 0 radical (unpaired) electrons. The molecule has 0 atom stereocenters. The first kappa shape index (κ1) is 16.5. The van der Waals surface area contributed by atoms with Crippen LogP contribution in [0.3, 0.4) is 0 Å². The number of nitrogens with one attached hydrogen (secondary N) is 1. The molecule has 3 nitrogen and oxygen atoms in total. The van der Waals surface area contributed by atoms with Crippen LogP contribution in [0.5, 0.6) is 0 Å². The van der Waals surface area contributed by atoms with Gasteiger partial charge in [-0.05, 0) is 26.8 Å². The average molecular weight is 258 g/mol. The van der Waals surface area contributed by atoms with Gasteiger partial charge in [-0.25, -0.2) is 0 Å². The Bertz CT molecular complexity index is 227. The normalized spacial score (nSPS) is 10.3. The van der Waals surface area contributed by atoms with Crippen LogP contribution in [0.15, 0.2) is 12.2 Å². The van der Waals surface area contributed by atoms with Gasteiger partial charge in [-0.1, -0.05) is 19.1 Å². The topological polar surface area (TPSA) is 32.3 Å². The van der Waals surface area contributed by atoms with Gasteiger partial charge in [0.2, 0.25) is 5.91 Å². The van der Waals surface area contributed by atoms with Gasteiger partial charge in [-0.3, -0.25) is 4.79 Å². The van der Waals surface area contributed by atoms with E-state index in [1.165, 1.54) is 0 Å². The maximum absolute atomic E-state index is 11.7. The van der Waals surface area contributed by atoms with Gasteiger partial charge in [-0.15, -0.1) is 11.8 Å². The van der Waals surface area contributed by atoms with Gasteiger partial charge in [0.25, 0.3) is 0 Å². The smallest absolute Gasteiger partial charge is 0.232 e. The molecule has 0 aromatic rings. The molecular formula is C13H26N2OS. The lowest BCUT2D eigenvalue weighted by atomic mass is 10.3. The van der Waals surface area contributed by atoms with E-state index in [1.807, 2.05) is 18.7 Å². The second kappa shape index (κ2) is 10.7. The molecule has 0 rings (SSSR count). The lowest BCUT2D eigenvalue weighted by Gasteiger charge is -2.18. The Balaban J connectivity index is 3.61. The standard InChI is InChI=1S/C13H26N2OS/c1-5-8-14-9-12(4)10-17-11-13(16)15(6-2)7-3/h14H,4-11H2,1-3H3. The molecule has 0 aromatic carbocycles. The monoisotopic (exact) mass is 258 g/mol. The predicted molar refractivity (Wildman–Crippen MR) is 77.6 cm³/mol. The molecule has 0 heterocycles. The van der Waals surface area contributed by atoms with Crippen molar-refractivity contribution in [3.05, 3.63) is 12.2 Å². The molecule has 100 valence electrons. The molecule has 0 unspecified atom stereocenters. The first-order chi connectivity index (χ1) is 8.15. The summed E-state index contributed by atoms with van der Waals surface area (Å²) >= 11 is 1.66. The molecule has 17 heavy (non-hydrogen) atoms. The highest BCUT2D eigenvalue weighted by Gasteiger charge is 2.08. The number of thioether (sulfide) groups is 1. The minimum Gasteiger partial charge on any atom is -0.343 e. The Morgan fingerprint density at radius 2 is 1.88 bits per heavy atom. The highest BCUT2D eigenvalue weighted by molar-refractivity contribution is 8.00. The fourth-order valence-electron chi connectivity index (χ4n) is 1.44. The van der Waals surface area contributed by atoms with Gasteiger partial charge in [-0.2, -0.15) is 0 Å². The summed E-state index contributed by atoms with van der Waals surface area (Å²) < 4.78 is 0. The van der Waals surface area contributed by atoms with Crippen molar-refractivity contribution in [2.75, 3.05) is 37.7 Å². The minimum atomic E-state index is 0.231. The van der Waals surface area contributed by atoms with Crippen LogP contribution >= 0.6 is 11.8 Å². The number of carbonyl (C=O) groups is 1. The largest absolute Gasteiger partial charge is 0.343 e. The Morgan fingerprint density at radius 1 is 1.24 bits per heavy atom. The van der Waals surface area contributed by atoms with E-state index in [0.717, 1.165) is 43.9 Å². The van der Waals surface area contributed by atoms with Crippen molar-refractivity contribution in [1.82, 2.24) is 10.2 Å². The van der Waals surface area contributed by atoms with Gasteiger partial charge in [0, 0.05) is 25.4 Å². The summed E-state index contributed by atoms with van der Waals surface area (Å²) in [6.07, 6.45) is 1.14. The van der Waals surface area contributed by atoms with Crippen molar-refractivity contribution in [2.24, 2.45) is 0 Å². The van der Waals surface area contributed by atoms with Crippen molar-refractivity contribution in [1.29, 1.82) is 0 Å². The molecule has 0 fully saturated rings. The van der Waals surface area contributed by atoms with Gasteiger partial charge in [0.15, 0.2) is 0 Å². The quantitative estimate of drug-likeness (QED) is 0.481. The molecular weight excluding hydrogens is 232 g/mol. The molecule has 0 bridgehead atoms. The van der Waals surface area contributed by atoms with E-state index < -0.39 is 0 Å². The van der Waals surface area contributed by atoms with E-state index in [-0.39, 0.29) is 5.91 Å². The third kappa shape index (κ3) is 8.27. The van der Waals surface area contributed by atoms with E-state index in [0.29, 0.717) is 5.75 Å². The van der Waals surface area contributed by atoms with Gasteiger partial charge in [0.1, 0.15) is 0 Å². The summed E-state index contributed by atoms with van der Waals surface area (Å²) in [5.74, 6) is 1.66. The zero-order chi connectivity index (χ0) is 13.1. The molecule has 1 N–H and O–H groups in total. The molecule has 0 aliphatic heterocycles. The lowest BCUT2D eigenvalue weighted by molar-refractivity contribution is -0.127. The molecule has 0 aliphatic carbocycles. The predicted octanol–water partition coefficient (Wildman–Crippen LogP) is 2.14. The molecule has 4 heteroatoms. The summed E-state index contributed by atoms with van der Waals surface area (Å²) in [6.45, 7) is 13.7. The fraction of sp³-hybridized carbons (Fsp3) is 0.769. The highest BCUT2D eigenvalue weighted by Crippen LogP contribution is 2.07. The average Bonchev–Trinajstić information content (AvgIpc) is 2.31. The second-order valence-electron chi connectivity index (χ2n) is 3.99. The van der Waals surface area contributed by atoms with Crippen LogP contribution < -0.4 is 5.32 Å². The number of hydrogen-bond acceptors (Lipinski definition) is 3. The number of hydrogen-bond donors (Lipinski definition) is 1. The fourth-order valence-corrected chi connectivity index (χ4v) is 2.29. The third-order valence-electron chi connectivity index (χ3n) is 2.45. The number of amides is 1. The van der Waals surface area contributed by atoms with Crippen LogP contribution in [0.4, 0.5) is 0 Å². The van der Waals surface area contributed by atoms with Crippen LogP contribution in [-0.4, -0.2) is 48.5 Å². The zero-order valence-electron chi connectivity index (χ0n) is 11.4. The minimum absolute atomic E-state index is 0.231. The van der Waals surface area contributed by atoms with Gasteiger partial charge in [0.05, 0.1) is 5.75 Å². The molecule has 0 saturated heterocycles. The first-order valence-corrected chi connectivity index (χ1v) is 7.53. The van der Waals surface area contributed by atoms with Crippen molar-refractivity contribution >= 4 is 17.7 Å². The first-order valence-electron chi connectivity index (χ1n) is 6.38. The van der Waals surface area contributed by atoms with Crippen molar-refractivity contribution in [3.63, 3.8) is 0 Å². The molecule has 1 amide bonds. The summed E-state index contributed by atoms with van der Waals surface area (Å²) in [6, 6.07) is 0. The van der Waals surface area contributed by atoms with Gasteiger partial charge < -0.3 is 10.2 Å². The number of rotatable bonds is 10. The summed E-state index contributed by atoms with van der Waals surface area (Å²) in [4.78, 5) is 13.6. The van der Waals surface area contributed by atoms with Crippen molar-refractivity contribution in [3.8, 4) is 0 Å². The molecule has 0 aromatic heterocycles. The van der Waals surface area contributed by atoms with Gasteiger partial charge >= 0.3 is 0 Å². The van der Waals surface area contributed by atoms with Crippen LogP contribution in [0.1, 0.15) is 27.2 Å². The molecule has 0 aliphatic rings. The SMILES string of the molecule is C=C(CNCCC)CSCC(=O)N(CC)CC. The Hall–Kier alpha value is -0.480. The summed E-state index contributed by atoms with van der Waals surface area (Å²) in [5, 5.41) is 3.31. The number of carbonyl (C=O) groups excluding carboxylic acids is 1. The maximum Gasteiger partial charge on any atom is 0.232 e. The maximum atomic E-state index is 11.7. The third-order valence-corrected chi connectivity index (χ3v) is 3.51. The Kier molecular flexibility index (Phi) is 10.4. The van der Waals surface area contributed by atoms with Crippen LogP contribution in [0.25, 0.3) is 0 Å². The van der Waals surface area contributed by atoms with E-state index in [4.69, 9.17) is 0 Å². The lowest BCUT2D eigenvalue weighted by Crippen LogP contribution is -2.32. The Labute approximate surface area is 110 Å². The van der Waals surface area contributed by atoms with E-state index >= 15 is 0 Å². The summed E-state index contributed by atoms with van der Waals surface area (Å²) in [5.41, 5.74) is 1.16. The zero-order valence-corrected chi connectivity index (χ0v) is 12.2. The molecule has 0 spiro atoms. The van der Waals surface area contributed by atoms with Crippen molar-refractivity contribution < 1.29 is 4.79 Å². The second-order valence-corrected chi connectivity index (χ2v) is 4.97. The van der Waals surface area contributed by atoms with E-state index in [1.54, 1.807) is 11.8 Å². The number of nitrogens with zero attached hydrogens (tertiary/aromatic N) is 1. The molecule has 0 saturated carbocycles. The van der Waals surface area contributed by atoms with Crippen LogP contribution in [-0.2, 0) is 4.79 Å². The Morgan fingerprint density at radius 3 is 2.41 bits per heavy atom. The van der Waals surface area contributed by atoms with E-state index in [2.05, 4.69) is 18.8 Å².